The summed E-state index contributed by atoms with van der Waals surface area (Å²) in [6.45, 7) is 2.02. The Morgan fingerprint density at radius 2 is 1.50 bits per heavy atom. The van der Waals surface area contributed by atoms with Crippen LogP contribution in [-0.2, 0) is 0 Å². The normalized spacial score (nSPS) is 11.3. The summed E-state index contributed by atoms with van der Waals surface area (Å²) in [5.41, 5.74) is 7.30. The van der Waals surface area contributed by atoms with Gasteiger partial charge in [-0.1, -0.05) is 22.9 Å². The monoisotopic (exact) mass is 242 g/mol. The molecule has 0 heterocycles. The second-order valence-corrected chi connectivity index (χ2v) is 3.92. The third-order valence-electron chi connectivity index (χ3n) is 2.51. The van der Waals surface area contributed by atoms with Gasteiger partial charge < -0.3 is 15.7 Å². The number of aryl methyl sites for hydroxylation is 1. The maximum Gasteiger partial charge on any atom is 0.170 e. The Labute approximate surface area is 105 Å². The van der Waals surface area contributed by atoms with Crippen molar-refractivity contribution >= 4 is 5.84 Å². The fourth-order valence-corrected chi connectivity index (χ4v) is 1.49. The lowest BCUT2D eigenvalue weighted by atomic mass is 10.2. The van der Waals surface area contributed by atoms with Crippen molar-refractivity contribution < 1.29 is 9.94 Å². The van der Waals surface area contributed by atoms with Gasteiger partial charge in [0.1, 0.15) is 11.5 Å². The van der Waals surface area contributed by atoms with Gasteiger partial charge in [-0.15, -0.1) is 0 Å². The van der Waals surface area contributed by atoms with E-state index < -0.39 is 0 Å². The van der Waals surface area contributed by atoms with Gasteiger partial charge in [-0.25, -0.2) is 0 Å². The minimum atomic E-state index is 0.0804. The maximum absolute atomic E-state index is 8.55. The van der Waals surface area contributed by atoms with Crippen LogP contribution in [0.5, 0.6) is 11.5 Å². The van der Waals surface area contributed by atoms with Crippen LogP contribution in [-0.4, -0.2) is 11.0 Å². The molecular formula is C14H14N2O2. The lowest BCUT2D eigenvalue weighted by Gasteiger charge is -2.06. The molecule has 2 rings (SSSR count). The Morgan fingerprint density at radius 1 is 1.00 bits per heavy atom. The molecule has 0 aliphatic rings. The van der Waals surface area contributed by atoms with E-state index in [1.54, 1.807) is 24.3 Å². The minimum Gasteiger partial charge on any atom is -0.457 e. The summed E-state index contributed by atoms with van der Waals surface area (Å²) in [5.74, 6) is 1.56. The highest BCUT2D eigenvalue weighted by atomic mass is 16.5. The predicted octanol–water partition coefficient (Wildman–Crippen LogP) is 2.88. The molecule has 2 aromatic carbocycles. The van der Waals surface area contributed by atoms with Gasteiger partial charge in [0.05, 0.1) is 0 Å². The lowest BCUT2D eigenvalue weighted by Crippen LogP contribution is -2.12. The van der Waals surface area contributed by atoms with E-state index in [4.69, 9.17) is 15.7 Å². The Balaban J connectivity index is 2.13. The fraction of sp³-hybridized carbons (Fsp3) is 0.0714. The van der Waals surface area contributed by atoms with Crippen LogP contribution < -0.4 is 10.5 Å². The summed E-state index contributed by atoms with van der Waals surface area (Å²) < 4.78 is 5.66. The average molecular weight is 242 g/mol. The predicted molar refractivity (Wildman–Crippen MR) is 70.2 cm³/mol. The van der Waals surface area contributed by atoms with E-state index in [0.717, 1.165) is 5.75 Å². The third kappa shape index (κ3) is 2.79. The molecule has 0 aliphatic carbocycles. The highest BCUT2D eigenvalue weighted by Gasteiger charge is 2.00. The van der Waals surface area contributed by atoms with E-state index in [1.807, 2.05) is 31.2 Å². The molecule has 4 heteroatoms. The van der Waals surface area contributed by atoms with Crippen molar-refractivity contribution in [3.8, 4) is 11.5 Å². The quantitative estimate of drug-likeness (QED) is 0.376. The van der Waals surface area contributed by atoms with E-state index in [2.05, 4.69) is 5.16 Å². The molecule has 0 amide bonds. The van der Waals surface area contributed by atoms with Crippen molar-refractivity contribution in [2.45, 2.75) is 6.92 Å². The Morgan fingerprint density at radius 3 is 2.00 bits per heavy atom. The summed E-state index contributed by atoms with van der Waals surface area (Å²) in [7, 11) is 0. The summed E-state index contributed by atoms with van der Waals surface area (Å²) in [5, 5.41) is 11.5. The summed E-state index contributed by atoms with van der Waals surface area (Å²) in [4.78, 5) is 0. The number of oxime groups is 1. The van der Waals surface area contributed by atoms with Crippen molar-refractivity contribution in [3.05, 3.63) is 59.7 Å². The SMILES string of the molecule is Cc1ccc(Oc2ccc(/C(N)=N/O)cc2)cc1. The van der Waals surface area contributed by atoms with Gasteiger partial charge in [-0.3, -0.25) is 0 Å². The molecule has 0 radical (unpaired) electrons. The smallest absolute Gasteiger partial charge is 0.170 e. The molecule has 0 bridgehead atoms. The number of benzene rings is 2. The molecule has 0 saturated heterocycles. The Bertz CT molecular complexity index is 545. The molecule has 4 nitrogen and oxygen atoms in total. The second-order valence-electron chi connectivity index (χ2n) is 3.92. The van der Waals surface area contributed by atoms with Crippen molar-refractivity contribution in [1.82, 2.24) is 0 Å². The van der Waals surface area contributed by atoms with Gasteiger partial charge in [0.15, 0.2) is 5.84 Å². The molecule has 3 N–H and O–H groups in total. The number of nitrogens with two attached hydrogens (primary N) is 1. The number of nitrogens with zero attached hydrogens (tertiary/aromatic N) is 1. The second kappa shape index (κ2) is 5.23. The van der Waals surface area contributed by atoms with Crippen LogP contribution in [0, 0.1) is 6.92 Å². The third-order valence-corrected chi connectivity index (χ3v) is 2.51. The maximum atomic E-state index is 8.55. The number of rotatable bonds is 3. The topological polar surface area (TPSA) is 67.8 Å². The van der Waals surface area contributed by atoms with Gasteiger partial charge >= 0.3 is 0 Å². The molecule has 0 unspecified atom stereocenters. The first-order valence-corrected chi connectivity index (χ1v) is 5.51. The van der Waals surface area contributed by atoms with Crippen LogP contribution in [0.4, 0.5) is 0 Å². The van der Waals surface area contributed by atoms with E-state index in [9.17, 15) is 0 Å². The highest BCUT2D eigenvalue weighted by Crippen LogP contribution is 2.21. The molecular weight excluding hydrogens is 228 g/mol. The first-order chi connectivity index (χ1) is 8.69. The molecule has 0 atom stereocenters. The molecule has 0 saturated carbocycles. The molecule has 18 heavy (non-hydrogen) atoms. The standard InChI is InChI=1S/C14H14N2O2/c1-10-2-6-12(7-3-10)18-13-8-4-11(5-9-13)14(15)16-17/h2-9,17H,1H3,(H2,15,16). The number of ether oxygens (including phenoxy) is 1. The van der Waals surface area contributed by atoms with Crippen molar-refractivity contribution in [3.63, 3.8) is 0 Å². The Hall–Kier alpha value is -2.49. The number of hydrogen-bond acceptors (Lipinski definition) is 3. The van der Waals surface area contributed by atoms with Crippen molar-refractivity contribution in [2.75, 3.05) is 0 Å². The van der Waals surface area contributed by atoms with Gasteiger partial charge in [-0.2, -0.15) is 0 Å². The molecule has 92 valence electrons. The van der Waals surface area contributed by atoms with Crippen LogP contribution in [0.3, 0.4) is 0 Å². The summed E-state index contributed by atoms with van der Waals surface area (Å²) in [6.07, 6.45) is 0. The Kier molecular flexibility index (Phi) is 3.48. The van der Waals surface area contributed by atoms with E-state index >= 15 is 0 Å². The lowest BCUT2D eigenvalue weighted by molar-refractivity contribution is 0.318. The van der Waals surface area contributed by atoms with Crippen LogP contribution in [0.25, 0.3) is 0 Å². The van der Waals surface area contributed by atoms with Crippen LogP contribution in [0.2, 0.25) is 0 Å². The van der Waals surface area contributed by atoms with E-state index in [-0.39, 0.29) is 5.84 Å². The van der Waals surface area contributed by atoms with E-state index in [1.165, 1.54) is 5.56 Å². The largest absolute Gasteiger partial charge is 0.457 e. The van der Waals surface area contributed by atoms with Crippen molar-refractivity contribution in [2.24, 2.45) is 10.9 Å². The molecule has 0 spiro atoms. The zero-order valence-corrected chi connectivity index (χ0v) is 10.00. The van der Waals surface area contributed by atoms with Gasteiger partial charge in [0, 0.05) is 5.56 Å². The highest BCUT2D eigenvalue weighted by molar-refractivity contribution is 5.97. The summed E-state index contributed by atoms with van der Waals surface area (Å²) >= 11 is 0. The molecule has 0 fully saturated rings. The van der Waals surface area contributed by atoms with Crippen LogP contribution >= 0.6 is 0 Å². The molecule has 0 aliphatic heterocycles. The number of amidine groups is 1. The summed E-state index contributed by atoms with van der Waals surface area (Å²) in [6, 6.07) is 14.8. The molecule has 2 aromatic rings. The molecule has 0 aromatic heterocycles. The first-order valence-electron chi connectivity index (χ1n) is 5.51. The van der Waals surface area contributed by atoms with Gasteiger partial charge in [0.2, 0.25) is 0 Å². The first kappa shape index (κ1) is 12.0. The minimum absolute atomic E-state index is 0.0804. The van der Waals surface area contributed by atoms with Crippen LogP contribution in [0.1, 0.15) is 11.1 Å². The van der Waals surface area contributed by atoms with Gasteiger partial charge in [-0.05, 0) is 43.3 Å². The average Bonchev–Trinajstić information content (AvgIpc) is 2.41. The fourth-order valence-electron chi connectivity index (χ4n) is 1.49. The van der Waals surface area contributed by atoms with Gasteiger partial charge in [0.25, 0.3) is 0 Å². The van der Waals surface area contributed by atoms with Crippen molar-refractivity contribution in [1.29, 1.82) is 0 Å². The zero-order chi connectivity index (χ0) is 13.0. The number of hydrogen-bond donors (Lipinski definition) is 2. The van der Waals surface area contributed by atoms with E-state index in [0.29, 0.717) is 11.3 Å². The zero-order valence-electron chi connectivity index (χ0n) is 10.00. The van der Waals surface area contributed by atoms with Crippen LogP contribution in [0.15, 0.2) is 53.7 Å².